The third-order valence-electron chi connectivity index (χ3n) is 5.43. The van der Waals surface area contributed by atoms with Gasteiger partial charge in [0.1, 0.15) is 24.4 Å². The Balaban J connectivity index is 1.53. The van der Waals surface area contributed by atoms with Crippen LogP contribution in [0.15, 0.2) is 0 Å². The second-order valence-corrected chi connectivity index (χ2v) is 7.53. The first kappa shape index (κ1) is 22.3. The highest BCUT2D eigenvalue weighted by molar-refractivity contribution is 4.99. The van der Waals surface area contributed by atoms with Crippen molar-refractivity contribution >= 4 is 0 Å². The van der Waals surface area contributed by atoms with E-state index in [4.69, 9.17) is 33.2 Å². The van der Waals surface area contributed by atoms with E-state index in [0.29, 0.717) is 26.4 Å². The Hall–Kier alpha value is -0.360. The number of hydrogen-bond acceptors (Lipinski definition) is 9. The molecule has 6 atom stereocenters. The lowest BCUT2D eigenvalue weighted by molar-refractivity contribution is -0.270. The first-order valence-corrected chi connectivity index (χ1v) is 10.2. The monoisotopic (exact) mass is 406 g/mol. The number of methoxy groups -OCH3 is 1. The summed E-state index contributed by atoms with van der Waals surface area (Å²) in [6.07, 6.45) is 0.866. The summed E-state index contributed by atoms with van der Waals surface area (Å²) in [5.41, 5.74) is 0. The van der Waals surface area contributed by atoms with E-state index in [1.807, 2.05) is 0 Å². The summed E-state index contributed by atoms with van der Waals surface area (Å²) < 4.78 is 40.2. The number of ether oxygens (including phenoxy) is 7. The van der Waals surface area contributed by atoms with Crippen LogP contribution in [0.1, 0.15) is 39.0 Å². The Morgan fingerprint density at radius 3 is 2.54 bits per heavy atom. The number of hydrogen-bond donors (Lipinski definition) is 2. The van der Waals surface area contributed by atoms with Gasteiger partial charge < -0.3 is 43.4 Å². The molecule has 1 aliphatic carbocycles. The molecule has 9 heteroatoms. The van der Waals surface area contributed by atoms with Crippen LogP contribution < -0.4 is 0 Å². The Bertz CT molecular complexity index is 457. The van der Waals surface area contributed by atoms with Crippen molar-refractivity contribution in [2.45, 2.75) is 81.8 Å². The van der Waals surface area contributed by atoms with Crippen LogP contribution in [0.2, 0.25) is 0 Å². The molecule has 2 unspecified atom stereocenters. The fourth-order valence-electron chi connectivity index (χ4n) is 4.03. The van der Waals surface area contributed by atoms with E-state index in [-0.39, 0.29) is 0 Å². The number of aliphatic hydroxyl groups excluding tert-OH is 2. The quantitative estimate of drug-likeness (QED) is 0.376. The second-order valence-electron chi connectivity index (χ2n) is 7.53. The van der Waals surface area contributed by atoms with Gasteiger partial charge in [0.2, 0.25) is 0 Å². The zero-order valence-corrected chi connectivity index (χ0v) is 16.8. The SMILES string of the molecule is COCCOCCOC(C)O[C@@H]1[C@H]2OC3(CCCCC3)O[C@H]2O[C@@H]1C(O)CO. The highest BCUT2D eigenvalue weighted by Gasteiger charge is 2.59. The summed E-state index contributed by atoms with van der Waals surface area (Å²) in [7, 11) is 1.62. The Morgan fingerprint density at radius 1 is 1.07 bits per heavy atom. The van der Waals surface area contributed by atoms with Crippen LogP contribution in [-0.4, -0.2) is 93.1 Å². The van der Waals surface area contributed by atoms with Crippen molar-refractivity contribution in [2.75, 3.05) is 40.1 Å². The van der Waals surface area contributed by atoms with Gasteiger partial charge in [-0.25, -0.2) is 0 Å². The van der Waals surface area contributed by atoms with Crippen molar-refractivity contribution in [3.8, 4) is 0 Å². The highest BCUT2D eigenvalue weighted by atomic mass is 16.8. The Labute approximate surface area is 166 Å². The van der Waals surface area contributed by atoms with Gasteiger partial charge in [-0.15, -0.1) is 0 Å². The molecule has 0 aromatic carbocycles. The lowest BCUT2D eigenvalue weighted by Crippen LogP contribution is -2.46. The van der Waals surface area contributed by atoms with Gasteiger partial charge in [0, 0.05) is 20.0 Å². The molecule has 2 N–H and O–H groups in total. The van der Waals surface area contributed by atoms with E-state index < -0.39 is 49.4 Å². The highest BCUT2D eigenvalue weighted by Crippen LogP contribution is 2.46. The van der Waals surface area contributed by atoms with Gasteiger partial charge in [0.05, 0.1) is 33.0 Å². The molecule has 2 heterocycles. The van der Waals surface area contributed by atoms with Crippen molar-refractivity contribution in [1.29, 1.82) is 0 Å². The van der Waals surface area contributed by atoms with E-state index >= 15 is 0 Å². The van der Waals surface area contributed by atoms with Gasteiger partial charge in [0.25, 0.3) is 0 Å². The average molecular weight is 406 g/mol. The smallest absolute Gasteiger partial charge is 0.190 e. The molecule has 0 bridgehead atoms. The number of rotatable bonds is 11. The molecule has 0 aromatic rings. The summed E-state index contributed by atoms with van der Waals surface area (Å²) >= 11 is 0. The molecule has 3 rings (SSSR count). The zero-order chi connectivity index (χ0) is 20.0. The predicted octanol–water partition coefficient (Wildman–Crippen LogP) is 0.551. The third-order valence-corrected chi connectivity index (χ3v) is 5.43. The lowest BCUT2D eigenvalue weighted by Gasteiger charge is -2.35. The van der Waals surface area contributed by atoms with Crippen LogP contribution in [0, 0.1) is 0 Å². The molecular weight excluding hydrogens is 372 g/mol. The summed E-state index contributed by atoms with van der Waals surface area (Å²) in [4.78, 5) is 0. The molecular formula is C19H34O9. The van der Waals surface area contributed by atoms with Crippen molar-refractivity contribution < 1.29 is 43.4 Å². The minimum absolute atomic E-state index is 0.362. The molecule has 1 saturated carbocycles. The van der Waals surface area contributed by atoms with Crippen LogP contribution in [-0.2, 0) is 33.2 Å². The van der Waals surface area contributed by atoms with Crippen LogP contribution in [0.4, 0.5) is 0 Å². The minimum Gasteiger partial charge on any atom is -0.394 e. The maximum Gasteiger partial charge on any atom is 0.190 e. The van der Waals surface area contributed by atoms with Crippen molar-refractivity contribution in [3.63, 3.8) is 0 Å². The molecule has 0 amide bonds. The largest absolute Gasteiger partial charge is 0.394 e. The Kier molecular flexibility index (Phi) is 8.46. The molecule has 9 nitrogen and oxygen atoms in total. The Morgan fingerprint density at radius 2 is 1.82 bits per heavy atom. The molecule has 1 spiro atoms. The average Bonchev–Trinajstić information content (AvgIpc) is 3.19. The molecule has 2 aliphatic heterocycles. The van der Waals surface area contributed by atoms with Crippen LogP contribution in [0.25, 0.3) is 0 Å². The first-order chi connectivity index (χ1) is 13.6. The summed E-state index contributed by atoms with van der Waals surface area (Å²) in [6.45, 7) is 3.17. The molecule has 3 fully saturated rings. The molecule has 0 radical (unpaired) electrons. The van der Waals surface area contributed by atoms with Crippen molar-refractivity contribution in [3.05, 3.63) is 0 Å². The van der Waals surface area contributed by atoms with Gasteiger partial charge in [-0.05, 0) is 19.8 Å². The molecule has 2 saturated heterocycles. The van der Waals surface area contributed by atoms with Crippen molar-refractivity contribution in [1.82, 2.24) is 0 Å². The van der Waals surface area contributed by atoms with Crippen LogP contribution in [0.5, 0.6) is 0 Å². The standard InChI is InChI=1S/C19H34O9/c1-13(24-11-10-23-9-8-22-2)25-16-15(14(21)12-20)26-18-17(16)27-19(28-18)6-4-3-5-7-19/h13-18,20-21H,3-12H2,1-2H3/t13?,14?,15-,16+,17-,18-/m1/s1. The molecule has 164 valence electrons. The summed E-state index contributed by atoms with van der Waals surface area (Å²) in [5, 5.41) is 19.5. The fraction of sp³-hybridized carbons (Fsp3) is 1.00. The van der Waals surface area contributed by atoms with E-state index in [9.17, 15) is 10.2 Å². The summed E-state index contributed by atoms with van der Waals surface area (Å²) in [5.74, 6) is -0.621. The summed E-state index contributed by atoms with van der Waals surface area (Å²) in [6, 6.07) is 0. The minimum atomic E-state index is -1.09. The van der Waals surface area contributed by atoms with E-state index in [0.717, 1.165) is 25.7 Å². The van der Waals surface area contributed by atoms with Gasteiger partial charge in [-0.2, -0.15) is 0 Å². The lowest BCUT2D eigenvalue weighted by atomic mass is 9.94. The van der Waals surface area contributed by atoms with E-state index in [2.05, 4.69) is 0 Å². The predicted molar refractivity (Wildman–Crippen MR) is 96.5 cm³/mol. The van der Waals surface area contributed by atoms with Gasteiger partial charge in [0.15, 0.2) is 18.4 Å². The fourth-order valence-corrected chi connectivity index (χ4v) is 4.03. The van der Waals surface area contributed by atoms with Crippen LogP contribution >= 0.6 is 0 Å². The number of fused-ring (bicyclic) bond motifs is 1. The maximum atomic E-state index is 10.2. The van der Waals surface area contributed by atoms with Gasteiger partial charge in [-0.1, -0.05) is 6.42 Å². The number of aliphatic hydroxyl groups is 2. The van der Waals surface area contributed by atoms with E-state index in [1.54, 1.807) is 14.0 Å². The van der Waals surface area contributed by atoms with Crippen molar-refractivity contribution in [2.24, 2.45) is 0 Å². The molecule has 3 aliphatic rings. The molecule has 28 heavy (non-hydrogen) atoms. The first-order valence-electron chi connectivity index (χ1n) is 10.2. The molecule has 0 aromatic heterocycles. The topological polar surface area (TPSA) is 105 Å². The third kappa shape index (κ3) is 5.41. The second kappa shape index (κ2) is 10.6. The maximum absolute atomic E-state index is 10.2. The van der Waals surface area contributed by atoms with Gasteiger partial charge >= 0.3 is 0 Å². The van der Waals surface area contributed by atoms with E-state index in [1.165, 1.54) is 6.42 Å². The zero-order valence-electron chi connectivity index (χ0n) is 16.8. The normalized spacial score (nSPS) is 33.9. The van der Waals surface area contributed by atoms with Crippen LogP contribution in [0.3, 0.4) is 0 Å². The van der Waals surface area contributed by atoms with Gasteiger partial charge in [-0.3, -0.25) is 0 Å².